The van der Waals surface area contributed by atoms with Crippen molar-refractivity contribution in [3.63, 3.8) is 0 Å². The Hall–Kier alpha value is -2.78. The van der Waals surface area contributed by atoms with Gasteiger partial charge in [0.05, 0.1) is 5.69 Å². The van der Waals surface area contributed by atoms with Crippen LogP contribution in [0.25, 0.3) is 0 Å². The predicted molar refractivity (Wildman–Crippen MR) is 99.8 cm³/mol. The molecule has 0 aliphatic carbocycles. The van der Waals surface area contributed by atoms with Crippen molar-refractivity contribution in [1.82, 2.24) is 10.6 Å². The van der Waals surface area contributed by atoms with Crippen LogP contribution in [0.3, 0.4) is 0 Å². The summed E-state index contributed by atoms with van der Waals surface area (Å²) >= 11 is 0. The number of benzene rings is 1. The Morgan fingerprint density at radius 3 is 2.48 bits per heavy atom. The van der Waals surface area contributed by atoms with Crippen molar-refractivity contribution in [2.75, 3.05) is 18.0 Å². The van der Waals surface area contributed by atoms with Crippen LogP contribution in [0.2, 0.25) is 0 Å². The predicted octanol–water partition coefficient (Wildman–Crippen LogP) is 2.40. The SMILES string of the molecule is CC(C)NC(=O)c1ccc2c(c1)N(CCNC(=O)CC(F)(F)F)C(=O)C(C)(C)O2. The normalized spacial score (nSPS) is 15.6. The molecule has 0 spiro atoms. The maximum absolute atomic E-state index is 12.8. The van der Waals surface area contributed by atoms with Crippen molar-refractivity contribution in [2.24, 2.45) is 0 Å². The first-order valence-electron chi connectivity index (χ1n) is 9.09. The minimum absolute atomic E-state index is 0.0720. The molecule has 3 amide bonds. The Morgan fingerprint density at radius 1 is 1.24 bits per heavy atom. The zero-order chi connectivity index (χ0) is 22.0. The number of halogens is 3. The number of alkyl halides is 3. The van der Waals surface area contributed by atoms with Gasteiger partial charge in [0.1, 0.15) is 12.2 Å². The second kappa shape index (κ2) is 8.30. The topological polar surface area (TPSA) is 87.7 Å². The molecule has 1 aromatic carbocycles. The van der Waals surface area contributed by atoms with Crippen LogP contribution < -0.4 is 20.3 Å². The first kappa shape index (κ1) is 22.5. The molecule has 1 aliphatic heterocycles. The third kappa shape index (κ3) is 5.85. The van der Waals surface area contributed by atoms with Gasteiger partial charge in [-0.15, -0.1) is 0 Å². The molecule has 1 heterocycles. The highest BCUT2D eigenvalue weighted by atomic mass is 19.4. The van der Waals surface area contributed by atoms with E-state index in [1.165, 1.54) is 11.0 Å². The van der Waals surface area contributed by atoms with Crippen LogP contribution in [0.4, 0.5) is 18.9 Å². The summed E-state index contributed by atoms with van der Waals surface area (Å²) in [5.74, 6) is -1.59. The fraction of sp³-hybridized carbons (Fsp3) is 0.526. The molecule has 10 heteroatoms. The van der Waals surface area contributed by atoms with E-state index in [4.69, 9.17) is 4.74 Å². The van der Waals surface area contributed by atoms with Crippen LogP contribution >= 0.6 is 0 Å². The highest BCUT2D eigenvalue weighted by Gasteiger charge is 2.41. The number of carbonyl (C=O) groups is 3. The molecule has 0 saturated carbocycles. The smallest absolute Gasteiger partial charge is 0.397 e. The van der Waals surface area contributed by atoms with Gasteiger partial charge in [0, 0.05) is 24.7 Å². The third-order valence-electron chi connectivity index (χ3n) is 4.08. The van der Waals surface area contributed by atoms with Gasteiger partial charge in [0.25, 0.3) is 11.8 Å². The van der Waals surface area contributed by atoms with Crippen molar-refractivity contribution >= 4 is 23.4 Å². The molecule has 2 rings (SSSR count). The van der Waals surface area contributed by atoms with E-state index >= 15 is 0 Å². The number of nitrogens with zero attached hydrogens (tertiary/aromatic N) is 1. The number of ether oxygens (including phenoxy) is 1. The third-order valence-corrected chi connectivity index (χ3v) is 4.08. The van der Waals surface area contributed by atoms with Gasteiger partial charge in [-0.3, -0.25) is 14.4 Å². The number of anilines is 1. The average molecular weight is 415 g/mol. The van der Waals surface area contributed by atoms with Crippen LogP contribution in [-0.4, -0.2) is 48.6 Å². The van der Waals surface area contributed by atoms with Gasteiger partial charge in [-0.05, 0) is 45.9 Å². The molecule has 7 nitrogen and oxygen atoms in total. The lowest BCUT2D eigenvalue weighted by atomic mass is 10.0. The summed E-state index contributed by atoms with van der Waals surface area (Å²) in [6.45, 7) is 6.48. The van der Waals surface area contributed by atoms with E-state index in [2.05, 4.69) is 10.6 Å². The molecule has 0 radical (unpaired) electrons. The lowest BCUT2D eigenvalue weighted by Gasteiger charge is -2.39. The summed E-state index contributed by atoms with van der Waals surface area (Å²) in [4.78, 5) is 37.7. The molecule has 1 aromatic rings. The Balaban J connectivity index is 2.21. The first-order valence-corrected chi connectivity index (χ1v) is 9.09. The van der Waals surface area contributed by atoms with Gasteiger partial charge in [-0.2, -0.15) is 13.2 Å². The van der Waals surface area contributed by atoms with Crippen molar-refractivity contribution < 1.29 is 32.3 Å². The van der Waals surface area contributed by atoms with Gasteiger partial charge < -0.3 is 20.3 Å². The van der Waals surface area contributed by atoms with E-state index in [-0.39, 0.29) is 25.0 Å². The number of hydrogen-bond acceptors (Lipinski definition) is 4. The number of fused-ring (bicyclic) bond motifs is 1. The molecule has 160 valence electrons. The molecule has 0 bridgehead atoms. The summed E-state index contributed by atoms with van der Waals surface area (Å²) < 4.78 is 42.6. The summed E-state index contributed by atoms with van der Waals surface area (Å²) in [7, 11) is 0. The number of rotatable bonds is 6. The van der Waals surface area contributed by atoms with Crippen LogP contribution in [0.5, 0.6) is 5.75 Å². The van der Waals surface area contributed by atoms with E-state index in [0.717, 1.165) is 0 Å². The minimum Gasteiger partial charge on any atom is -0.476 e. The Labute approximate surface area is 166 Å². The molecular formula is C19H24F3N3O4. The van der Waals surface area contributed by atoms with Crippen molar-refractivity contribution in [3.05, 3.63) is 23.8 Å². The molecule has 0 atom stereocenters. The van der Waals surface area contributed by atoms with E-state index in [1.54, 1.807) is 39.8 Å². The van der Waals surface area contributed by atoms with Gasteiger partial charge in [-0.25, -0.2) is 0 Å². The molecule has 0 aromatic heterocycles. The highest BCUT2D eigenvalue weighted by Crippen LogP contribution is 2.38. The maximum atomic E-state index is 12.8. The summed E-state index contributed by atoms with van der Waals surface area (Å²) in [6, 6.07) is 4.52. The van der Waals surface area contributed by atoms with Gasteiger partial charge >= 0.3 is 6.18 Å². The zero-order valence-corrected chi connectivity index (χ0v) is 16.6. The van der Waals surface area contributed by atoms with Crippen LogP contribution in [0.15, 0.2) is 18.2 Å². The lowest BCUT2D eigenvalue weighted by molar-refractivity contribution is -0.153. The van der Waals surface area contributed by atoms with Gasteiger partial charge in [0.15, 0.2) is 5.60 Å². The largest absolute Gasteiger partial charge is 0.476 e. The van der Waals surface area contributed by atoms with E-state index in [0.29, 0.717) is 17.0 Å². The fourth-order valence-corrected chi connectivity index (χ4v) is 2.83. The number of carbonyl (C=O) groups excluding carboxylic acids is 3. The maximum Gasteiger partial charge on any atom is 0.397 e. The monoisotopic (exact) mass is 415 g/mol. The molecule has 1 aliphatic rings. The Bertz CT molecular complexity index is 806. The van der Waals surface area contributed by atoms with Gasteiger partial charge in [0.2, 0.25) is 5.91 Å². The fourth-order valence-electron chi connectivity index (χ4n) is 2.83. The van der Waals surface area contributed by atoms with Crippen LogP contribution in [-0.2, 0) is 9.59 Å². The summed E-state index contributed by atoms with van der Waals surface area (Å²) in [5.41, 5.74) is -0.583. The molecule has 29 heavy (non-hydrogen) atoms. The number of nitrogens with one attached hydrogen (secondary N) is 2. The molecule has 0 saturated heterocycles. The standard InChI is InChI=1S/C19H24F3N3O4/c1-11(2)24-16(27)12-5-6-14-13(9-12)25(17(28)18(3,4)29-14)8-7-23-15(26)10-19(20,21)22/h5-6,9,11H,7-8,10H2,1-4H3,(H,23,26)(H,24,27). The molecule has 0 fully saturated rings. The van der Waals surface area contributed by atoms with Crippen LogP contribution in [0, 0.1) is 0 Å². The van der Waals surface area contributed by atoms with Crippen molar-refractivity contribution in [3.8, 4) is 5.75 Å². The molecular weight excluding hydrogens is 391 g/mol. The first-order chi connectivity index (χ1) is 13.3. The van der Waals surface area contributed by atoms with Crippen molar-refractivity contribution in [2.45, 2.75) is 51.9 Å². The summed E-state index contributed by atoms with van der Waals surface area (Å²) in [6.07, 6.45) is -6.20. The number of hydrogen-bond donors (Lipinski definition) is 2. The molecule has 2 N–H and O–H groups in total. The second-order valence-electron chi connectivity index (χ2n) is 7.52. The Kier molecular flexibility index (Phi) is 6.44. The quantitative estimate of drug-likeness (QED) is 0.747. The molecule has 0 unspecified atom stereocenters. The van der Waals surface area contributed by atoms with Crippen molar-refractivity contribution in [1.29, 1.82) is 0 Å². The minimum atomic E-state index is -4.61. The van der Waals surface area contributed by atoms with Gasteiger partial charge in [-0.1, -0.05) is 0 Å². The number of amides is 3. The van der Waals surface area contributed by atoms with E-state index < -0.39 is 30.0 Å². The second-order valence-corrected chi connectivity index (χ2v) is 7.52. The van der Waals surface area contributed by atoms with E-state index in [9.17, 15) is 27.6 Å². The highest BCUT2D eigenvalue weighted by molar-refractivity contribution is 6.04. The zero-order valence-electron chi connectivity index (χ0n) is 16.6. The Morgan fingerprint density at radius 2 is 1.90 bits per heavy atom. The lowest BCUT2D eigenvalue weighted by Crippen LogP contribution is -2.54. The van der Waals surface area contributed by atoms with E-state index in [1.807, 2.05) is 0 Å². The van der Waals surface area contributed by atoms with Crippen LogP contribution in [0.1, 0.15) is 44.5 Å². The average Bonchev–Trinajstić information content (AvgIpc) is 2.55. The summed E-state index contributed by atoms with van der Waals surface area (Å²) in [5, 5.41) is 4.90.